The van der Waals surface area contributed by atoms with E-state index in [0.29, 0.717) is 5.56 Å². The number of nitrogen functional groups attached to an aromatic ring is 1. The molecule has 19 heavy (non-hydrogen) atoms. The van der Waals surface area contributed by atoms with Crippen LogP contribution in [0.5, 0.6) is 0 Å². The Kier molecular flexibility index (Phi) is 6.08. The molecule has 0 atom stereocenters. The third-order valence-corrected chi connectivity index (χ3v) is 5.99. The highest BCUT2D eigenvalue weighted by Crippen LogP contribution is 2.17. The molecule has 3 N–H and O–H groups in total. The van der Waals surface area contributed by atoms with Gasteiger partial charge in [-0.15, -0.1) is 0 Å². The molecule has 1 aromatic rings. The molecule has 0 bridgehead atoms. The van der Waals surface area contributed by atoms with Gasteiger partial charge >= 0.3 is 5.97 Å². The van der Waals surface area contributed by atoms with Crippen LogP contribution in [0.3, 0.4) is 0 Å². The molecule has 0 unspecified atom stereocenters. The molecule has 1 aromatic carbocycles. The van der Waals surface area contributed by atoms with Gasteiger partial charge in [-0.2, -0.15) is 0 Å². The van der Waals surface area contributed by atoms with E-state index in [-0.39, 0.29) is 0 Å². The lowest BCUT2D eigenvalue weighted by molar-refractivity contribution is 0.0698. The summed E-state index contributed by atoms with van der Waals surface area (Å²) in [4.78, 5) is 11.4. The monoisotopic (exact) mass is 279 g/mol. The second kappa shape index (κ2) is 7.33. The maximum absolute atomic E-state index is 11.4. The number of aromatic carboxylic acids is 1. The summed E-state index contributed by atoms with van der Waals surface area (Å²) in [5.74, 6) is -0.817. The molecule has 3 nitrogen and oxygen atoms in total. The molecular weight excluding hydrogens is 254 g/mol. The van der Waals surface area contributed by atoms with Crippen molar-refractivity contribution < 1.29 is 9.90 Å². The summed E-state index contributed by atoms with van der Waals surface area (Å²) in [6, 6.07) is 2.91. The van der Waals surface area contributed by atoms with Crippen molar-refractivity contribution in [2.24, 2.45) is 0 Å². The van der Waals surface area contributed by atoms with Crippen molar-refractivity contribution in [2.75, 3.05) is 5.73 Å². The molecule has 0 saturated heterocycles. The number of hydrogen-bond acceptors (Lipinski definition) is 2. The van der Waals surface area contributed by atoms with E-state index in [1.807, 2.05) is 13.8 Å². The minimum atomic E-state index is -0.817. The van der Waals surface area contributed by atoms with Crippen molar-refractivity contribution in [2.45, 2.75) is 52.5 Å². The van der Waals surface area contributed by atoms with E-state index in [4.69, 9.17) is 5.73 Å². The lowest BCUT2D eigenvalue weighted by Crippen LogP contribution is -2.27. The van der Waals surface area contributed by atoms with E-state index in [9.17, 15) is 9.90 Å². The molecule has 0 aliphatic heterocycles. The molecule has 0 aliphatic rings. The van der Waals surface area contributed by atoms with Gasteiger partial charge in [-0.05, 0) is 36.2 Å². The lowest BCUT2D eigenvalue weighted by Gasteiger charge is -2.14. The van der Waals surface area contributed by atoms with Crippen molar-refractivity contribution >= 4 is 26.4 Å². The van der Waals surface area contributed by atoms with E-state index >= 15 is 0 Å². The van der Waals surface area contributed by atoms with Gasteiger partial charge in [0.25, 0.3) is 0 Å². The van der Waals surface area contributed by atoms with Gasteiger partial charge in [0.15, 0.2) is 0 Å². The van der Waals surface area contributed by atoms with E-state index < -0.39 is 15.5 Å². The van der Waals surface area contributed by atoms with Crippen LogP contribution >= 0.6 is 0 Å². The van der Waals surface area contributed by atoms with Crippen LogP contribution in [0.2, 0.25) is 6.04 Å². The number of rotatable bonds is 7. The Hall–Kier alpha value is -1.29. The molecule has 1 rings (SSSR count). The van der Waals surface area contributed by atoms with Gasteiger partial charge < -0.3 is 10.8 Å². The molecule has 0 amide bonds. The number of hydrogen-bond donors (Lipinski definition) is 2. The first-order valence-corrected chi connectivity index (χ1v) is 8.81. The molecule has 0 aromatic heterocycles. The topological polar surface area (TPSA) is 63.3 Å². The van der Waals surface area contributed by atoms with Gasteiger partial charge in [0, 0.05) is 5.69 Å². The highest BCUT2D eigenvalue weighted by molar-refractivity contribution is 6.56. The fourth-order valence-electron chi connectivity index (χ4n) is 2.46. The van der Waals surface area contributed by atoms with Crippen LogP contribution in [0.25, 0.3) is 0 Å². The van der Waals surface area contributed by atoms with Gasteiger partial charge in [-0.3, -0.25) is 0 Å². The Bertz CT molecular complexity index is 458. The average Bonchev–Trinajstić information content (AvgIpc) is 2.37. The normalized spacial score (nSPS) is 11.3. The fraction of sp³-hybridized carbons (Fsp3) is 0.533. The van der Waals surface area contributed by atoms with Crippen molar-refractivity contribution in [1.82, 2.24) is 0 Å². The molecule has 0 saturated carbocycles. The summed E-state index contributed by atoms with van der Waals surface area (Å²) < 4.78 is 0. The number of nitrogens with two attached hydrogens (primary N) is 1. The number of benzene rings is 1. The smallest absolute Gasteiger partial charge is 0.335 e. The molecule has 0 radical (unpaired) electrons. The first kappa shape index (κ1) is 15.8. The fourth-order valence-corrected chi connectivity index (χ4v) is 4.51. The van der Waals surface area contributed by atoms with Crippen molar-refractivity contribution in [3.05, 3.63) is 22.8 Å². The predicted molar refractivity (Wildman–Crippen MR) is 84.4 cm³/mol. The number of carbonyl (C=O) groups is 1. The SMILES string of the molecule is CCCCCC[SiH2]c1c(C(=O)O)cc(C)c(N)c1C. The Morgan fingerprint density at radius 2 is 2.00 bits per heavy atom. The summed E-state index contributed by atoms with van der Waals surface area (Å²) in [5.41, 5.74) is 9.15. The van der Waals surface area contributed by atoms with E-state index in [1.54, 1.807) is 6.07 Å². The summed E-state index contributed by atoms with van der Waals surface area (Å²) >= 11 is 0. The van der Waals surface area contributed by atoms with Gasteiger partial charge in [0.1, 0.15) is 0 Å². The van der Waals surface area contributed by atoms with E-state index in [1.165, 1.54) is 31.7 Å². The summed E-state index contributed by atoms with van der Waals surface area (Å²) in [6.07, 6.45) is 4.98. The second-order valence-corrected chi connectivity index (χ2v) is 7.14. The third-order valence-electron chi connectivity index (χ3n) is 3.73. The first-order valence-electron chi connectivity index (χ1n) is 7.10. The lowest BCUT2D eigenvalue weighted by atomic mass is 10.0. The van der Waals surface area contributed by atoms with Crippen LogP contribution in [-0.4, -0.2) is 20.6 Å². The molecule has 4 heteroatoms. The molecule has 106 valence electrons. The molecular formula is C15H25NO2Si. The van der Waals surface area contributed by atoms with Crippen LogP contribution < -0.4 is 10.9 Å². The minimum absolute atomic E-state index is 0.478. The zero-order valence-corrected chi connectivity index (χ0v) is 13.7. The second-order valence-electron chi connectivity index (χ2n) is 5.23. The summed E-state index contributed by atoms with van der Waals surface area (Å²) in [7, 11) is -0.538. The largest absolute Gasteiger partial charge is 0.478 e. The van der Waals surface area contributed by atoms with Gasteiger partial charge in [-0.1, -0.05) is 38.7 Å². The van der Waals surface area contributed by atoms with Gasteiger partial charge in [0.2, 0.25) is 0 Å². The highest BCUT2D eigenvalue weighted by atomic mass is 28.2. The van der Waals surface area contributed by atoms with Crippen LogP contribution in [0, 0.1) is 13.8 Å². The summed E-state index contributed by atoms with van der Waals surface area (Å²) in [6.45, 7) is 6.04. The molecule has 0 spiro atoms. The number of unbranched alkanes of at least 4 members (excludes halogenated alkanes) is 3. The number of aryl methyl sites for hydroxylation is 1. The third kappa shape index (κ3) is 4.09. The van der Waals surface area contributed by atoms with Crippen LogP contribution in [0.4, 0.5) is 5.69 Å². The number of anilines is 1. The van der Waals surface area contributed by atoms with Gasteiger partial charge in [0.05, 0.1) is 15.1 Å². The maximum Gasteiger partial charge on any atom is 0.335 e. The Balaban J connectivity index is 2.86. The average molecular weight is 279 g/mol. The van der Waals surface area contributed by atoms with Crippen molar-refractivity contribution in [1.29, 1.82) is 0 Å². The summed E-state index contributed by atoms with van der Waals surface area (Å²) in [5, 5.41) is 10.4. The molecule has 0 heterocycles. The van der Waals surface area contributed by atoms with Crippen LogP contribution in [-0.2, 0) is 0 Å². The Morgan fingerprint density at radius 1 is 1.32 bits per heavy atom. The van der Waals surface area contributed by atoms with Crippen LogP contribution in [0.15, 0.2) is 6.07 Å². The number of carboxylic acids is 1. The minimum Gasteiger partial charge on any atom is -0.478 e. The first-order chi connectivity index (χ1) is 8.99. The maximum atomic E-state index is 11.4. The van der Waals surface area contributed by atoms with Crippen molar-refractivity contribution in [3.8, 4) is 0 Å². The van der Waals surface area contributed by atoms with E-state index in [0.717, 1.165) is 22.0 Å². The zero-order chi connectivity index (χ0) is 14.4. The highest BCUT2D eigenvalue weighted by Gasteiger charge is 2.15. The van der Waals surface area contributed by atoms with Crippen LogP contribution in [0.1, 0.15) is 54.1 Å². The van der Waals surface area contributed by atoms with Crippen molar-refractivity contribution in [3.63, 3.8) is 0 Å². The zero-order valence-electron chi connectivity index (χ0n) is 12.3. The van der Waals surface area contributed by atoms with E-state index in [2.05, 4.69) is 6.92 Å². The number of carboxylic acid groups (broad SMARTS) is 1. The predicted octanol–water partition coefficient (Wildman–Crippen LogP) is 2.38. The Morgan fingerprint density at radius 3 is 2.58 bits per heavy atom. The molecule has 0 aliphatic carbocycles. The Labute approximate surface area is 118 Å². The standard InChI is InChI=1S/C15H25NO2Si/c1-4-5-6-7-8-19-14-11(3)13(16)10(2)9-12(14)15(17)18/h9H,4-8,16,19H2,1-3H3,(H,17,18). The quantitative estimate of drug-likeness (QED) is 0.457. The molecule has 0 fully saturated rings. The van der Waals surface area contributed by atoms with Gasteiger partial charge in [-0.25, -0.2) is 4.79 Å².